The van der Waals surface area contributed by atoms with Crippen molar-refractivity contribution in [2.24, 2.45) is 0 Å². The zero-order chi connectivity index (χ0) is 32.3. The van der Waals surface area contributed by atoms with Crippen LogP contribution in [0.2, 0.25) is 0 Å². The third kappa shape index (κ3) is 4.47. The number of fused-ring (bicyclic) bond motifs is 7. The van der Waals surface area contributed by atoms with Crippen molar-refractivity contribution >= 4 is 54.1 Å². The molecule has 228 valence electrons. The van der Waals surface area contributed by atoms with Gasteiger partial charge in [0.05, 0.1) is 11.0 Å². The van der Waals surface area contributed by atoms with Crippen LogP contribution in [0, 0.1) is 0 Å². The maximum Gasteiger partial charge on any atom is 0.0541 e. The van der Waals surface area contributed by atoms with Gasteiger partial charge in [-0.25, -0.2) is 0 Å². The molecule has 1 nitrogen and oxygen atoms in total. The predicted octanol–water partition coefficient (Wildman–Crippen LogP) is 13.2. The molecule has 0 spiro atoms. The van der Waals surface area contributed by atoms with Gasteiger partial charge in [-0.3, -0.25) is 0 Å². The molecule has 0 bridgehead atoms. The van der Waals surface area contributed by atoms with Gasteiger partial charge in [0.2, 0.25) is 0 Å². The van der Waals surface area contributed by atoms with E-state index in [-0.39, 0.29) is 0 Å². The fraction of sp³-hybridized carbons (Fsp3) is 0. The molecule has 0 saturated carbocycles. The Morgan fingerprint density at radius 1 is 0.265 bits per heavy atom. The molecular formula is C48H31N. The van der Waals surface area contributed by atoms with E-state index < -0.39 is 0 Å². The molecule has 1 heteroatoms. The van der Waals surface area contributed by atoms with Gasteiger partial charge in [0, 0.05) is 16.5 Å². The highest BCUT2D eigenvalue weighted by Crippen LogP contribution is 2.42. The minimum absolute atomic E-state index is 1.17. The molecule has 0 aliphatic carbocycles. The molecule has 49 heavy (non-hydrogen) atoms. The average molecular weight is 622 g/mol. The van der Waals surface area contributed by atoms with Crippen molar-refractivity contribution in [1.29, 1.82) is 0 Å². The summed E-state index contributed by atoms with van der Waals surface area (Å²) in [5, 5.41) is 10.1. The van der Waals surface area contributed by atoms with Crippen LogP contribution in [-0.2, 0) is 0 Å². The highest BCUT2D eigenvalue weighted by molar-refractivity contribution is 6.16. The molecule has 0 atom stereocenters. The largest absolute Gasteiger partial charge is 0.309 e. The van der Waals surface area contributed by atoms with Crippen molar-refractivity contribution in [2.45, 2.75) is 0 Å². The Labute approximate surface area is 284 Å². The number of nitrogens with zero attached hydrogens (tertiary/aromatic N) is 1. The molecule has 0 amide bonds. The molecule has 10 aromatic rings. The minimum Gasteiger partial charge on any atom is -0.309 e. The van der Waals surface area contributed by atoms with E-state index >= 15 is 0 Å². The lowest BCUT2D eigenvalue weighted by molar-refractivity contribution is 1.19. The smallest absolute Gasteiger partial charge is 0.0541 e. The lowest BCUT2D eigenvalue weighted by Crippen LogP contribution is -1.94. The van der Waals surface area contributed by atoms with Crippen molar-refractivity contribution in [3.05, 3.63) is 188 Å². The molecule has 9 aromatic carbocycles. The van der Waals surface area contributed by atoms with Gasteiger partial charge >= 0.3 is 0 Å². The van der Waals surface area contributed by atoms with Crippen LogP contribution in [0.25, 0.3) is 93.2 Å². The monoisotopic (exact) mass is 621 g/mol. The van der Waals surface area contributed by atoms with Crippen LogP contribution >= 0.6 is 0 Å². The van der Waals surface area contributed by atoms with Crippen molar-refractivity contribution in [3.8, 4) is 39.1 Å². The Balaban J connectivity index is 1.23. The van der Waals surface area contributed by atoms with Gasteiger partial charge < -0.3 is 4.57 Å². The summed E-state index contributed by atoms with van der Waals surface area (Å²) in [6.45, 7) is 0. The number of hydrogen-bond donors (Lipinski definition) is 0. The van der Waals surface area contributed by atoms with E-state index in [0.29, 0.717) is 0 Å². The Hall–Kier alpha value is -6.44. The lowest BCUT2D eigenvalue weighted by Gasteiger charge is -2.17. The van der Waals surface area contributed by atoms with Crippen LogP contribution in [-0.4, -0.2) is 4.57 Å². The van der Waals surface area contributed by atoms with Crippen molar-refractivity contribution in [3.63, 3.8) is 0 Å². The number of aromatic nitrogens is 1. The van der Waals surface area contributed by atoms with Gasteiger partial charge in [-0.2, -0.15) is 0 Å². The third-order valence-electron chi connectivity index (χ3n) is 10.1. The fourth-order valence-electron chi connectivity index (χ4n) is 7.85. The van der Waals surface area contributed by atoms with Crippen LogP contribution in [0.15, 0.2) is 188 Å². The van der Waals surface area contributed by atoms with E-state index in [1.54, 1.807) is 0 Å². The molecule has 1 heterocycles. The quantitative estimate of drug-likeness (QED) is 0.172. The summed E-state index contributed by atoms with van der Waals surface area (Å²) in [5.41, 5.74) is 11.0. The second-order valence-electron chi connectivity index (χ2n) is 12.9. The van der Waals surface area contributed by atoms with E-state index in [4.69, 9.17) is 0 Å². The van der Waals surface area contributed by atoms with Crippen molar-refractivity contribution < 1.29 is 0 Å². The molecule has 0 fully saturated rings. The van der Waals surface area contributed by atoms with Gasteiger partial charge in [0.25, 0.3) is 0 Å². The first-order valence-electron chi connectivity index (χ1n) is 16.9. The summed E-state index contributed by atoms with van der Waals surface area (Å²) in [6, 6.07) is 68.9. The van der Waals surface area contributed by atoms with Gasteiger partial charge in [-0.15, -0.1) is 0 Å². The highest BCUT2D eigenvalue weighted by Gasteiger charge is 2.16. The zero-order valence-corrected chi connectivity index (χ0v) is 26.8. The molecule has 0 radical (unpaired) electrons. The van der Waals surface area contributed by atoms with Crippen LogP contribution < -0.4 is 0 Å². The molecule has 0 aliphatic rings. The molecule has 0 N–H and O–H groups in total. The summed E-state index contributed by atoms with van der Waals surface area (Å²) in [4.78, 5) is 0. The highest BCUT2D eigenvalue weighted by atomic mass is 15.0. The van der Waals surface area contributed by atoms with E-state index in [1.807, 2.05) is 0 Å². The average Bonchev–Trinajstić information content (AvgIpc) is 3.52. The van der Waals surface area contributed by atoms with E-state index in [1.165, 1.54) is 93.2 Å². The number of benzene rings is 9. The number of rotatable bonds is 4. The third-order valence-corrected chi connectivity index (χ3v) is 10.1. The molecule has 0 unspecified atom stereocenters. The Morgan fingerprint density at radius 3 is 1.43 bits per heavy atom. The maximum absolute atomic E-state index is 2.41. The molecule has 0 saturated heterocycles. The predicted molar refractivity (Wildman–Crippen MR) is 210 cm³/mol. The molecular weight excluding hydrogens is 591 g/mol. The zero-order valence-electron chi connectivity index (χ0n) is 26.8. The van der Waals surface area contributed by atoms with E-state index in [0.717, 1.165) is 0 Å². The van der Waals surface area contributed by atoms with Crippen LogP contribution in [0.3, 0.4) is 0 Å². The second kappa shape index (κ2) is 11.1. The van der Waals surface area contributed by atoms with Gasteiger partial charge in [-0.05, 0) is 114 Å². The van der Waals surface area contributed by atoms with Gasteiger partial charge in [0.1, 0.15) is 0 Å². The van der Waals surface area contributed by atoms with Gasteiger partial charge in [0.15, 0.2) is 0 Å². The summed E-state index contributed by atoms with van der Waals surface area (Å²) in [6.07, 6.45) is 0. The van der Waals surface area contributed by atoms with E-state index in [9.17, 15) is 0 Å². The topological polar surface area (TPSA) is 4.93 Å². The summed E-state index contributed by atoms with van der Waals surface area (Å²) in [5.74, 6) is 0. The van der Waals surface area contributed by atoms with E-state index in [2.05, 4.69) is 193 Å². The first-order chi connectivity index (χ1) is 24.3. The summed E-state index contributed by atoms with van der Waals surface area (Å²) < 4.78 is 2.41. The van der Waals surface area contributed by atoms with Crippen LogP contribution in [0.1, 0.15) is 0 Å². The second-order valence-corrected chi connectivity index (χ2v) is 12.9. The minimum atomic E-state index is 1.17. The molecule has 0 aliphatic heterocycles. The first-order valence-corrected chi connectivity index (χ1v) is 16.9. The van der Waals surface area contributed by atoms with Crippen LogP contribution in [0.5, 0.6) is 0 Å². The Kier molecular flexibility index (Phi) is 6.25. The summed E-state index contributed by atoms with van der Waals surface area (Å²) in [7, 11) is 0. The normalized spacial score (nSPS) is 11.7. The molecule has 1 aromatic heterocycles. The van der Waals surface area contributed by atoms with Crippen LogP contribution in [0.4, 0.5) is 0 Å². The lowest BCUT2D eigenvalue weighted by atomic mass is 9.88. The molecule has 10 rings (SSSR count). The van der Waals surface area contributed by atoms with Crippen molar-refractivity contribution in [1.82, 2.24) is 4.57 Å². The van der Waals surface area contributed by atoms with Gasteiger partial charge in [-0.1, -0.05) is 140 Å². The van der Waals surface area contributed by atoms with Crippen molar-refractivity contribution in [2.75, 3.05) is 0 Å². The summed E-state index contributed by atoms with van der Waals surface area (Å²) >= 11 is 0. The fourth-order valence-corrected chi connectivity index (χ4v) is 7.85. The number of hydrogen-bond acceptors (Lipinski definition) is 0. The SMILES string of the molecule is c1ccc(-c2cc3ccccc3cc2-c2ccc3c(c2)c(-c2ccccc2)cc2cc(-n4c5ccccc5c5ccccc54)ccc23)cc1. The maximum atomic E-state index is 2.41. The first kappa shape index (κ1) is 27.7. The number of para-hydroxylation sites is 2. The Bertz CT molecular complexity index is 2810. The Morgan fingerprint density at radius 2 is 0.776 bits per heavy atom. The standard InChI is InChI=1S/C48H31N/c1-3-13-32(14-4-1)43-28-34-17-7-8-18-35(34)29-45(43)36-23-25-40-39-26-24-38(27-37(39)31-44(46(40)30-36)33-15-5-2-6-16-33)49-47-21-11-9-19-41(47)42-20-10-12-22-48(42)49/h1-31H.